The highest BCUT2D eigenvalue weighted by atomic mass is 16.6. The Kier molecular flexibility index (Phi) is 5.42. The first-order valence-electron chi connectivity index (χ1n) is 6.23. The molecular formula is C13H20N2O3. The van der Waals surface area contributed by atoms with Gasteiger partial charge in [0.05, 0.1) is 11.0 Å². The molecule has 0 amide bonds. The van der Waals surface area contributed by atoms with Gasteiger partial charge in [0.25, 0.3) is 0 Å². The highest BCUT2D eigenvalue weighted by molar-refractivity contribution is 5.58. The highest BCUT2D eigenvalue weighted by Crippen LogP contribution is 2.30. The minimum absolute atomic E-state index is 0.00439. The molecule has 0 atom stereocenters. The Bertz CT molecular complexity index is 405. The fourth-order valence-corrected chi connectivity index (χ4v) is 1.53. The van der Waals surface area contributed by atoms with Crippen molar-refractivity contribution >= 4 is 11.4 Å². The molecule has 1 rings (SSSR count). The zero-order chi connectivity index (χ0) is 13.5. The van der Waals surface area contributed by atoms with Crippen LogP contribution in [0.1, 0.15) is 33.6 Å². The molecule has 0 fully saturated rings. The number of benzene rings is 1. The van der Waals surface area contributed by atoms with Crippen LogP contribution in [0.25, 0.3) is 0 Å². The molecule has 0 saturated heterocycles. The Hall–Kier alpha value is -1.78. The van der Waals surface area contributed by atoms with Gasteiger partial charge in [-0.05, 0) is 26.3 Å². The molecule has 18 heavy (non-hydrogen) atoms. The molecule has 0 radical (unpaired) electrons. The van der Waals surface area contributed by atoms with Crippen LogP contribution >= 0.6 is 0 Å². The number of rotatable bonds is 7. The van der Waals surface area contributed by atoms with E-state index in [1.165, 1.54) is 6.07 Å². The van der Waals surface area contributed by atoms with Gasteiger partial charge in [0.2, 0.25) is 0 Å². The third kappa shape index (κ3) is 4.24. The van der Waals surface area contributed by atoms with Gasteiger partial charge in [-0.25, -0.2) is 0 Å². The lowest BCUT2D eigenvalue weighted by Crippen LogP contribution is -2.08. The molecule has 0 aliphatic rings. The van der Waals surface area contributed by atoms with Crippen LogP contribution in [0.5, 0.6) is 5.75 Å². The number of ether oxygens (including phenoxy) is 1. The summed E-state index contributed by atoms with van der Waals surface area (Å²) in [6.07, 6.45) is 2.08. The monoisotopic (exact) mass is 252 g/mol. The standard InChI is InChI=1S/C13H20N2O3/c1-4-5-8-14-11-6-7-12(15(16)17)13(9-11)18-10(2)3/h6-7,9-10,14H,4-5,8H2,1-3H3. The third-order valence-electron chi connectivity index (χ3n) is 2.38. The minimum Gasteiger partial charge on any atom is -0.484 e. The van der Waals surface area contributed by atoms with E-state index in [0.717, 1.165) is 25.1 Å². The quantitative estimate of drug-likeness (QED) is 0.457. The minimum atomic E-state index is -0.423. The highest BCUT2D eigenvalue weighted by Gasteiger charge is 2.16. The lowest BCUT2D eigenvalue weighted by molar-refractivity contribution is -0.386. The van der Waals surface area contributed by atoms with Gasteiger partial charge in [-0.2, -0.15) is 0 Å². The van der Waals surface area contributed by atoms with Crippen LogP contribution in [0.4, 0.5) is 11.4 Å². The molecule has 1 aromatic rings. The summed E-state index contributed by atoms with van der Waals surface area (Å²) in [5.74, 6) is 0.316. The number of hydrogen-bond donors (Lipinski definition) is 1. The number of unbranched alkanes of at least 4 members (excludes halogenated alkanes) is 1. The third-order valence-corrected chi connectivity index (χ3v) is 2.38. The van der Waals surface area contributed by atoms with E-state index in [0.29, 0.717) is 5.75 Å². The number of nitro benzene ring substituents is 1. The molecule has 0 aliphatic carbocycles. The molecule has 0 heterocycles. The van der Waals surface area contributed by atoms with E-state index in [4.69, 9.17) is 4.74 Å². The van der Waals surface area contributed by atoms with Crippen LogP contribution in [-0.4, -0.2) is 17.6 Å². The van der Waals surface area contributed by atoms with Crippen molar-refractivity contribution in [1.29, 1.82) is 0 Å². The van der Waals surface area contributed by atoms with Crippen LogP contribution in [0, 0.1) is 10.1 Å². The summed E-state index contributed by atoms with van der Waals surface area (Å²) in [6, 6.07) is 4.88. The summed E-state index contributed by atoms with van der Waals surface area (Å²) in [4.78, 5) is 10.5. The molecule has 0 bridgehead atoms. The summed E-state index contributed by atoms with van der Waals surface area (Å²) in [6.45, 7) is 6.67. The van der Waals surface area contributed by atoms with Gasteiger partial charge < -0.3 is 10.1 Å². The van der Waals surface area contributed by atoms with E-state index < -0.39 is 4.92 Å². The normalized spacial score (nSPS) is 10.4. The topological polar surface area (TPSA) is 64.4 Å². The molecule has 0 saturated carbocycles. The number of nitro groups is 1. The predicted molar refractivity (Wildman–Crippen MR) is 72.3 cm³/mol. The van der Waals surface area contributed by atoms with Gasteiger partial charge in [-0.15, -0.1) is 0 Å². The van der Waals surface area contributed by atoms with Crippen molar-refractivity contribution in [3.8, 4) is 5.75 Å². The van der Waals surface area contributed by atoms with E-state index in [1.54, 1.807) is 12.1 Å². The van der Waals surface area contributed by atoms with Crippen LogP contribution < -0.4 is 10.1 Å². The summed E-state index contributed by atoms with van der Waals surface area (Å²) in [7, 11) is 0. The Morgan fingerprint density at radius 1 is 1.44 bits per heavy atom. The summed E-state index contributed by atoms with van der Waals surface area (Å²) in [5, 5.41) is 14.1. The van der Waals surface area contributed by atoms with Crippen molar-refractivity contribution in [1.82, 2.24) is 0 Å². The summed E-state index contributed by atoms with van der Waals surface area (Å²) >= 11 is 0. The maximum absolute atomic E-state index is 10.9. The van der Waals surface area contributed by atoms with E-state index in [1.807, 2.05) is 13.8 Å². The second kappa shape index (κ2) is 6.83. The van der Waals surface area contributed by atoms with E-state index in [9.17, 15) is 10.1 Å². The number of anilines is 1. The fraction of sp³-hybridized carbons (Fsp3) is 0.538. The van der Waals surface area contributed by atoms with Crippen molar-refractivity contribution in [3.63, 3.8) is 0 Å². The fourth-order valence-electron chi connectivity index (χ4n) is 1.53. The average Bonchev–Trinajstić information content (AvgIpc) is 2.28. The van der Waals surface area contributed by atoms with Gasteiger partial charge >= 0.3 is 5.69 Å². The first-order valence-corrected chi connectivity index (χ1v) is 6.23. The molecule has 5 nitrogen and oxygen atoms in total. The summed E-state index contributed by atoms with van der Waals surface area (Å²) < 4.78 is 5.47. The SMILES string of the molecule is CCCCNc1ccc([N+](=O)[O-])c(OC(C)C)c1. The van der Waals surface area contributed by atoms with Crippen LogP contribution in [0.15, 0.2) is 18.2 Å². The van der Waals surface area contributed by atoms with Crippen molar-refractivity contribution in [2.45, 2.75) is 39.7 Å². The Morgan fingerprint density at radius 3 is 2.72 bits per heavy atom. The molecule has 5 heteroatoms. The lowest BCUT2D eigenvalue weighted by Gasteiger charge is -2.12. The molecule has 100 valence electrons. The zero-order valence-corrected chi connectivity index (χ0v) is 11.1. The van der Waals surface area contributed by atoms with Gasteiger partial charge in [0.1, 0.15) is 0 Å². The average molecular weight is 252 g/mol. The number of nitrogens with one attached hydrogen (secondary N) is 1. The maximum atomic E-state index is 10.9. The molecular weight excluding hydrogens is 232 g/mol. The van der Waals surface area contributed by atoms with Crippen molar-refractivity contribution < 1.29 is 9.66 Å². The Balaban J connectivity index is 2.87. The van der Waals surface area contributed by atoms with Gasteiger partial charge in [-0.3, -0.25) is 10.1 Å². The van der Waals surface area contributed by atoms with Gasteiger partial charge in [-0.1, -0.05) is 13.3 Å². The Morgan fingerprint density at radius 2 is 2.17 bits per heavy atom. The molecule has 0 aromatic heterocycles. The lowest BCUT2D eigenvalue weighted by atomic mass is 10.2. The van der Waals surface area contributed by atoms with Gasteiger partial charge in [0.15, 0.2) is 5.75 Å². The molecule has 1 N–H and O–H groups in total. The van der Waals surface area contributed by atoms with Crippen LogP contribution in [0.3, 0.4) is 0 Å². The predicted octanol–water partition coefficient (Wildman–Crippen LogP) is 3.59. The van der Waals surface area contributed by atoms with Crippen LogP contribution in [-0.2, 0) is 0 Å². The first kappa shape index (κ1) is 14.3. The molecule has 1 aromatic carbocycles. The van der Waals surface area contributed by atoms with E-state index >= 15 is 0 Å². The molecule has 0 aliphatic heterocycles. The van der Waals surface area contributed by atoms with E-state index in [-0.39, 0.29) is 11.8 Å². The second-order valence-corrected chi connectivity index (χ2v) is 4.39. The van der Waals surface area contributed by atoms with E-state index in [2.05, 4.69) is 12.2 Å². The molecule has 0 unspecified atom stereocenters. The van der Waals surface area contributed by atoms with Gasteiger partial charge in [0, 0.05) is 24.4 Å². The second-order valence-electron chi connectivity index (χ2n) is 4.39. The number of nitrogens with zero attached hydrogens (tertiary/aromatic N) is 1. The Labute approximate surface area is 107 Å². The largest absolute Gasteiger partial charge is 0.484 e. The zero-order valence-electron chi connectivity index (χ0n) is 11.1. The first-order chi connectivity index (χ1) is 8.54. The van der Waals surface area contributed by atoms with Crippen molar-refractivity contribution in [2.75, 3.05) is 11.9 Å². The summed E-state index contributed by atoms with van der Waals surface area (Å²) in [5.41, 5.74) is 0.856. The van der Waals surface area contributed by atoms with Crippen molar-refractivity contribution in [3.05, 3.63) is 28.3 Å². The van der Waals surface area contributed by atoms with Crippen LogP contribution in [0.2, 0.25) is 0 Å². The van der Waals surface area contributed by atoms with Crippen molar-refractivity contribution in [2.24, 2.45) is 0 Å². The maximum Gasteiger partial charge on any atom is 0.311 e. The molecule has 0 spiro atoms. The number of hydrogen-bond acceptors (Lipinski definition) is 4. The smallest absolute Gasteiger partial charge is 0.311 e.